The molecule has 1 unspecified atom stereocenters. The van der Waals surface area contributed by atoms with Crippen molar-refractivity contribution >= 4 is 22.6 Å². The van der Waals surface area contributed by atoms with Gasteiger partial charge in [0.15, 0.2) is 11.5 Å². The third kappa shape index (κ3) is 3.09. The highest BCUT2D eigenvalue weighted by Gasteiger charge is 2.30. The number of halogens is 1. The summed E-state index contributed by atoms with van der Waals surface area (Å²) in [6.45, 7) is 1.75. The van der Waals surface area contributed by atoms with Crippen LogP contribution in [0.5, 0.6) is 11.5 Å². The number of aromatic nitrogens is 4. The van der Waals surface area contributed by atoms with Crippen molar-refractivity contribution in [2.45, 2.75) is 25.4 Å². The normalized spacial score (nSPS) is 18.5. The van der Waals surface area contributed by atoms with Crippen LogP contribution in [-0.2, 0) is 6.54 Å². The Morgan fingerprint density at radius 3 is 3.00 bits per heavy atom. The van der Waals surface area contributed by atoms with Crippen LogP contribution in [0.25, 0.3) is 22.4 Å². The number of imidazole rings is 1. The minimum Gasteiger partial charge on any atom is -0.454 e. The molecule has 1 saturated heterocycles. The Labute approximate surface area is 176 Å². The summed E-state index contributed by atoms with van der Waals surface area (Å²) in [5.41, 5.74) is 2.71. The first-order valence-electron chi connectivity index (χ1n) is 9.85. The van der Waals surface area contributed by atoms with Crippen LogP contribution in [0.15, 0.2) is 40.9 Å². The first-order valence-corrected chi connectivity index (χ1v) is 10.2. The van der Waals surface area contributed by atoms with E-state index in [4.69, 9.17) is 30.6 Å². The zero-order chi connectivity index (χ0) is 20.1. The lowest BCUT2D eigenvalue weighted by Crippen LogP contribution is -2.23. The van der Waals surface area contributed by atoms with Crippen molar-refractivity contribution in [3.63, 3.8) is 0 Å². The predicted molar refractivity (Wildman–Crippen MR) is 109 cm³/mol. The summed E-state index contributed by atoms with van der Waals surface area (Å²) < 4.78 is 16.3. The molecule has 30 heavy (non-hydrogen) atoms. The average Bonchev–Trinajstić information content (AvgIpc) is 3.53. The number of hydrogen-bond donors (Lipinski definition) is 1. The van der Waals surface area contributed by atoms with Crippen LogP contribution in [0.3, 0.4) is 0 Å². The van der Waals surface area contributed by atoms with E-state index in [1.807, 2.05) is 36.4 Å². The van der Waals surface area contributed by atoms with Crippen molar-refractivity contribution in [2.24, 2.45) is 0 Å². The molecule has 6 rings (SSSR count). The Morgan fingerprint density at radius 2 is 2.03 bits per heavy atom. The molecule has 0 saturated carbocycles. The van der Waals surface area contributed by atoms with Gasteiger partial charge in [0.1, 0.15) is 5.82 Å². The molecule has 0 amide bonds. The lowest BCUT2D eigenvalue weighted by atomic mass is 10.2. The van der Waals surface area contributed by atoms with E-state index in [0.717, 1.165) is 47.6 Å². The van der Waals surface area contributed by atoms with E-state index < -0.39 is 0 Å². The van der Waals surface area contributed by atoms with Crippen molar-refractivity contribution in [2.75, 3.05) is 13.3 Å². The smallest absolute Gasteiger partial charge is 0.241 e. The molecule has 4 aromatic rings. The molecule has 2 aliphatic rings. The first-order chi connectivity index (χ1) is 14.7. The Kier molecular flexibility index (Phi) is 4.14. The zero-order valence-electron chi connectivity index (χ0n) is 16.0. The summed E-state index contributed by atoms with van der Waals surface area (Å²) in [5.74, 6) is 3.49. The van der Waals surface area contributed by atoms with Crippen molar-refractivity contribution in [3.8, 4) is 22.9 Å². The molecule has 9 heteroatoms. The van der Waals surface area contributed by atoms with Gasteiger partial charge in [-0.15, -0.1) is 0 Å². The number of ether oxygens (including phenoxy) is 2. The number of hydrogen-bond acceptors (Lipinski definition) is 7. The molecule has 152 valence electrons. The van der Waals surface area contributed by atoms with Crippen molar-refractivity contribution < 1.29 is 14.0 Å². The molecule has 1 atom stereocenters. The molecule has 2 aliphatic heterocycles. The number of fused-ring (bicyclic) bond motifs is 2. The summed E-state index contributed by atoms with van der Waals surface area (Å²) in [7, 11) is 0. The van der Waals surface area contributed by atoms with Crippen molar-refractivity contribution in [3.05, 3.63) is 53.1 Å². The molecule has 8 nitrogen and oxygen atoms in total. The lowest BCUT2D eigenvalue weighted by molar-refractivity contribution is 0.174. The van der Waals surface area contributed by atoms with E-state index in [1.165, 1.54) is 0 Å². The minimum atomic E-state index is 0.178. The molecule has 0 radical (unpaired) electrons. The fourth-order valence-electron chi connectivity index (χ4n) is 4.13. The van der Waals surface area contributed by atoms with Gasteiger partial charge in [0, 0.05) is 10.6 Å². The Balaban J connectivity index is 1.23. The minimum absolute atomic E-state index is 0.178. The van der Waals surface area contributed by atoms with Crippen molar-refractivity contribution in [1.29, 1.82) is 0 Å². The summed E-state index contributed by atoms with van der Waals surface area (Å²) in [4.78, 5) is 15.1. The van der Waals surface area contributed by atoms with E-state index in [-0.39, 0.29) is 12.8 Å². The highest BCUT2D eigenvalue weighted by atomic mass is 35.5. The number of nitrogens with one attached hydrogen (secondary N) is 1. The van der Waals surface area contributed by atoms with Gasteiger partial charge in [-0.3, -0.25) is 4.90 Å². The van der Waals surface area contributed by atoms with Gasteiger partial charge >= 0.3 is 0 Å². The van der Waals surface area contributed by atoms with E-state index in [9.17, 15) is 0 Å². The second kappa shape index (κ2) is 7.00. The van der Waals surface area contributed by atoms with Gasteiger partial charge < -0.3 is 19.0 Å². The third-order valence-electron chi connectivity index (χ3n) is 5.58. The number of H-pyrrole nitrogens is 1. The zero-order valence-corrected chi connectivity index (χ0v) is 16.7. The van der Waals surface area contributed by atoms with Gasteiger partial charge in [-0.1, -0.05) is 16.8 Å². The predicted octanol–water partition coefficient (Wildman–Crippen LogP) is 4.33. The van der Waals surface area contributed by atoms with Gasteiger partial charge in [0.2, 0.25) is 18.5 Å². The summed E-state index contributed by atoms with van der Waals surface area (Å²) >= 11 is 6.11. The molecule has 1 fully saturated rings. The number of rotatable bonds is 4. The molecule has 1 N–H and O–H groups in total. The fraction of sp³-hybridized carbons (Fsp3) is 0.286. The molecular weight excluding hydrogens is 406 g/mol. The number of aromatic amines is 1. The molecule has 2 aromatic heterocycles. The Hall–Kier alpha value is -3.10. The average molecular weight is 424 g/mol. The van der Waals surface area contributed by atoms with Gasteiger partial charge in [0.25, 0.3) is 0 Å². The maximum atomic E-state index is 6.11. The van der Waals surface area contributed by atoms with Gasteiger partial charge in [-0.25, -0.2) is 4.98 Å². The van der Waals surface area contributed by atoms with Gasteiger partial charge in [0.05, 0.1) is 23.6 Å². The quantitative estimate of drug-likeness (QED) is 0.522. The topological polar surface area (TPSA) is 89.3 Å². The first kappa shape index (κ1) is 17.7. The van der Waals surface area contributed by atoms with Crippen LogP contribution in [0.4, 0.5) is 0 Å². The number of benzene rings is 2. The molecule has 0 bridgehead atoms. The second-order valence-electron chi connectivity index (χ2n) is 7.49. The van der Waals surface area contributed by atoms with Gasteiger partial charge in [-0.2, -0.15) is 4.98 Å². The largest absolute Gasteiger partial charge is 0.454 e. The molecule has 0 spiro atoms. The van der Waals surface area contributed by atoms with E-state index in [1.54, 1.807) is 0 Å². The van der Waals surface area contributed by atoms with E-state index >= 15 is 0 Å². The SMILES string of the molecule is Clc1ccc2nc(C3CCCN3Cc3nc(-c4ccc5c(c4)OCO5)no3)[nH]c2c1. The standard InChI is InChI=1S/C21H18ClN5O3/c22-13-4-5-14-15(9-13)24-21(23-14)16-2-1-7-27(16)10-19-25-20(26-30-19)12-3-6-17-18(8-12)29-11-28-17/h3-6,8-9,16H,1-2,7,10-11H2,(H,23,24). The highest BCUT2D eigenvalue weighted by molar-refractivity contribution is 6.31. The summed E-state index contributed by atoms with van der Waals surface area (Å²) in [6, 6.07) is 11.5. The summed E-state index contributed by atoms with van der Waals surface area (Å²) in [6.07, 6.45) is 2.11. The molecule has 0 aliphatic carbocycles. The van der Waals surface area contributed by atoms with E-state index in [0.29, 0.717) is 29.0 Å². The lowest BCUT2D eigenvalue weighted by Gasteiger charge is -2.20. The third-order valence-corrected chi connectivity index (χ3v) is 5.81. The van der Waals surface area contributed by atoms with Gasteiger partial charge in [-0.05, 0) is 55.8 Å². The van der Waals surface area contributed by atoms with Crippen LogP contribution in [0.2, 0.25) is 5.02 Å². The van der Waals surface area contributed by atoms with Crippen LogP contribution >= 0.6 is 11.6 Å². The van der Waals surface area contributed by atoms with Crippen LogP contribution < -0.4 is 9.47 Å². The fourth-order valence-corrected chi connectivity index (χ4v) is 4.30. The monoisotopic (exact) mass is 423 g/mol. The van der Waals surface area contributed by atoms with E-state index in [2.05, 4.69) is 20.0 Å². The molecule has 2 aromatic carbocycles. The van der Waals surface area contributed by atoms with Crippen molar-refractivity contribution in [1.82, 2.24) is 25.0 Å². The van der Waals surface area contributed by atoms with Crippen LogP contribution in [-0.4, -0.2) is 38.3 Å². The maximum Gasteiger partial charge on any atom is 0.241 e. The second-order valence-corrected chi connectivity index (χ2v) is 7.93. The Morgan fingerprint density at radius 1 is 1.10 bits per heavy atom. The molecular formula is C21H18ClN5O3. The number of nitrogens with zero attached hydrogens (tertiary/aromatic N) is 4. The summed E-state index contributed by atoms with van der Waals surface area (Å²) in [5, 5.41) is 4.85. The van der Waals surface area contributed by atoms with Crippen LogP contribution in [0.1, 0.15) is 30.6 Å². The highest BCUT2D eigenvalue weighted by Crippen LogP contribution is 2.36. The molecule has 4 heterocycles. The Bertz CT molecular complexity index is 1240. The number of likely N-dealkylation sites (tertiary alicyclic amines) is 1. The maximum absolute atomic E-state index is 6.11. The van der Waals surface area contributed by atoms with Crippen LogP contribution in [0, 0.1) is 0 Å².